The number of rotatable bonds is 5. The zero-order chi connectivity index (χ0) is 14.8. The average Bonchev–Trinajstić information content (AvgIpc) is 2.86. The van der Waals surface area contributed by atoms with Crippen molar-refractivity contribution in [1.29, 1.82) is 0 Å². The molecule has 0 aliphatic heterocycles. The lowest BCUT2D eigenvalue weighted by Gasteiger charge is -2.24. The van der Waals surface area contributed by atoms with E-state index in [1.54, 1.807) is 0 Å². The maximum atomic E-state index is 11.5. The number of nitrogens with zero attached hydrogens (tertiary/aromatic N) is 2. The monoisotopic (exact) mass is 277 g/mol. The van der Waals surface area contributed by atoms with E-state index in [-0.39, 0.29) is 5.92 Å². The number of carbonyl (C=O) groups is 1. The third-order valence-corrected chi connectivity index (χ3v) is 4.01. The number of aromatic nitrogens is 2. The Balaban J connectivity index is 2.12. The SMILES string of the molecule is Cc1cc(NCC2(C(=O)O)CCCC2)nc(C(C)C)n1. The fraction of sp³-hybridized carbons (Fsp3) is 0.667. The molecule has 1 fully saturated rings. The van der Waals surface area contributed by atoms with Crippen LogP contribution in [0.4, 0.5) is 5.82 Å². The van der Waals surface area contributed by atoms with Crippen molar-refractivity contribution >= 4 is 11.8 Å². The van der Waals surface area contributed by atoms with E-state index in [0.717, 1.165) is 43.0 Å². The summed E-state index contributed by atoms with van der Waals surface area (Å²) in [5, 5.41) is 12.7. The fourth-order valence-electron chi connectivity index (χ4n) is 2.72. The molecule has 2 N–H and O–H groups in total. The Morgan fingerprint density at radius 1 is 1.40 bits per heavy atom. The van der Waals surface area contributed by atoms with Crippen molar-refractivity contribution in [3.8, 4) is 0 Å². The van der Waals surface area contributed by atoms with Gasteiger partial charge in [-0.05, 0) is 19.8 Å². The molecular formula is C15H23N3O2. The van der Waals surface area contributed by atoms with E-state index >= 15 is 0 Å². The number of aliphatic carboxylic acids is 1. The molecule has 1 aromatic rings. The van der Waals surface area contributed by atoms with Gasteiger partial charge in [-0.1, -0.05) is 26.7 Å². The van der Waals surface area contributed by atoms with E-state index in [2.05, 4.69) is 15.3 Å². The van der Waals surface area contributed by atoms with Gasteiger partial charge in [0, 0.05) is 24.2 Å². The molecule has 0 radical (unpaired) electrons. The largest absolute Gasteiger partial charge is 0.481 e. The number of hydrogen-bond donors (Lipinski definition) is 2. The molecule has 20 heavy (non-hydrogen) atoms. The topological polar surface area (TPSA) is 75.1 Å². The summed E-state index contributed by atoms with van der Waals surface area (Å²) in [7, 11) is 0. The van der Waals surface area contributed by atoms with Crippen molar-refractivity contribution in [2.24, 2.45) is 5.41 Å². The molecule has 0 spiro atoms. The third-order valence-electron chi connectivity index (χ3n) is 4.01. The molecule has 0 atom stereocenters. The average molecular weight is 277 g/mol. The van der Waals surface area contributed by atoms with Crippen LogP contribution in [0.15, 0.2) is 6.07 Å². The summed E-state index contributed by atoms with van der Waals surface area (Å²) < 4.78 is 0. The second-order valence-electron chi connectivity index (χ2n) is 6.05. The van der Waals surface area contributed by atoms with Gasteiger partial charge in [0.1, 0.15) is 11.6 Å². The molecule has 110 valence electrons. The van der Waals surface area contributed by atoms with E-state index in [1.165, 1.54) is 0 Å². The zero-order valence-corrected chi connectivity index (χ0v) is 12.4. The summed E-state index contributed by atoms with van der Waals surface area (Å²) in [5.74, 6) is 1.09. The Morgan fingerprint density at radius 2 is 2.05 bits per heavy atom. The van der Waals surface area contributed by atoms with E-state index in [9.17, 15) is 9.90 Å². The van der Waals surface area contributed by atoms with Crippen molar-refractivity contribution in [2.75, 3.05) is 11.9 Å². The highest BCUT2D eigenvalue weighted by Crippen LogP contribution is 2.38. The zero-order valence-electron chi connectivity index (χ0n) is 12.4. The molecule has 1 aliphatic carbocycles. The van der Waals surface area contributed by atoms with Gasteiger partial charge in [-0.15, -0.1) is 0 Å². The van der Waals surface area contributed by atoms with Gasteiger partial charge in [-0.3, -0.25) is 4.79 Å². The smallest absolute Gasteiger partial charge is 0.311 e. The minimum Gasteiger partial charge on any atom is -0.481 e. The molecule has 1 saturated carbocycles. The van der Waals surface area contributed by atoms with Crippen molar-refractivity contribution in [2.45, 2.75) is 52.4 Å². The third kappa shape index (κ3) is 3.08. The molecule has 0 aromatic carbocycles. The summed E-state index contributed by atoms with van der Waals surface area (Å²) in [6.45, 7) is 6.47. The van der Waals surface area contributed by atoms with Gasteiger partial charge in [0.2, 0.25) is 0 Å². The van der Waals surface area contributed by atoms with Gasteiger partial charge in [-0.2, -0.15) is 0 Å². The van der Waals surface area contributed by atoms with Gasteiger partial charge in [0.25, 0.3) is 0 Å². The van der Waals surface area contributed by atoms with E-state index in [4.69, 9.17) is 0 Å². The highest BCUT2D eigenvalue weighted by atomic mass is 16.4. The van der Waals surface area contributed by atoms with Gasteiger partial charge in [0.15, 0.2) is 0 Å². The molecule has 0 saturated heterocycles. The second kappa shape index (κ2) is 5.77. The van der Waals surface area contributed by atoms with Crippen LogP contribution < -0.4 is 5.32 Å². The minimum atomic E-state index is -0.697. The lowest BCUT2D eigenvalue weighted by molar-refractivity contribution is -0.147. The Morgan fingerprint density at radius 3 is 2.60 bits per heavy atom. The number of nitrogens with one attached hydrogen (secondary N) is 1. The maximum absolute atomic E-state index is 11.5. The predicted molar refractivity (Wildman–Crippen MR) is 77.9 cm³/mol. The van der Waals surface area contributed by atoms with E-state index in [0.29, 0.717) is 6.54 Å². The lowest BCUT2D eigenvalue weighted by atomic mass is 9.86. The Kier molecular flexibility index (Phi) is 4.26. The number of hydrogen-bond acceptors (Lipinski definition) is 4. The van der Waals surface area contributed by atoms with Gasteiger partial charge in [-0.25, -0.2) is 9.97 Å². The van der Waals surface area contributed by atoms with Gasteiger partial charge < -0.3 is 10.4 Å². The summed E-state index contributed by atoms with van der Waals surface area (Å²) in [5.41, 5.74) is 0.277. The second-order valence-corrected chi connectivity index (χ2v) is 6.05. The summed E-state index contributed by atoms with van der Waals surface area (Å²) >= 11 is 0. The number of carboxylic acids is 1. The van der Waals surface area contributed by atoms with Crippen LogP contribution in [0.5, 0.6) is 0 Å². The van der Waals surface area contributed by atoms with Crippen LogP contribution in [0, 0.1) is 12.3 Å². The van der Waals surface area contributed by atoms with Crippen LogP contribution >= 0.6 is 0 Å². The van der Waals surface area contributed by atoms with Crippen LogP contribution in [-0.4, -0.2) is 27.6 Å². The van der Waals surface area contributed by atoms with Crippen LogP contribution in [-0.2, 0) is 4.79 Å². The van der Waals surface area contributed by atoms with Crippen molar-refractivity contribution < 1.29 is 9.90 Å². The van der Waals surface area contributed by atoms with Crippen LogP contribution in [0.3, 0.4) is 0 Å². The first-order valence-electron chi connectivity index (χ1n) is 7.26. The highest BCUT2D eigenvalue weighted by Gasteiger charge is 2.41. The summed E-state index contributed by atoms with van der Waals surface area (Å²) in [4.78, 5) is 20.4. The first-order chi connectivity index (χ1) is 9.43. The standard InChI is InChI=1S/C15H23N3O2/c1-10(2)13-17-11(3)8-12(18-13)16-9-15(14(19)20)6-4-5-7-15/h8,10H,4-7,9H2,1-3H3,(H,19,20)(H,16,17,18). The van der Waals surface area contributed by atoms with Gasteiger partial charge in [0.05, 0.1) is 5.41 Å². The molecule has 5 nitrogen and oxygen atoms in total. The Hall–Kier alpha value is -1.65. The van der Waals surface area contributed by atoms with Crippen LogP contribution in [0.2, 0.25) is 0 Å². The number of carboxylic acid groups (broad SMARTS) is 1. The molecule has 1 aliphatic rings. The van der Waals surface area contributed by atoms with E-state index in [1.807, 2.05) is 26.8 Å². The van der Waals surface area contributed by atoms with Crippen LogP contribution in [0.25, 0.3) is 0 Å². The molecule has 2 rings (SSSR count). The van der Waals surface area contributed by atoms with Crippen molar-refractivity contribution in [1.82, 2.24) is 9.97 Å². The highest BCUT2D eigenvalue weighted by molar-refractivity contribution is 5.75. The Bertz CT molecular complexity index is 494. The van der Waals surface area contributed by atoms with Gasteiger partial charge >= 0.3 is 5.97 Å². The van der Waals surface area contributed by atoms with Crippen LogP contribution in [0.1, 0.15) is 57.0 Å². The molecule has 1 heterocycles. The minimum absolute atomic E-state index is 0.260. The quantitative estimate of drug-likeness (QED) is 0.865. The molecule has 0 unspecified atom stereocenters. The Labute approximate surface area is 119 Å². The fourth-order valence-corrected chi connectivity index (χ4v) is 2.72. The first-order valence-corrected chi connectivity index (χ1v) is 7.26. The van der Waals surface area contributed by atoms with Crippen molar-refractivity contribution in [3.63, 3.8) is 0 Å². The predicted octanol–water partition coefficient (Wildman–Crippen LogP) is 2.97. The summed E-state index contributed by atoms with van der Waals surface area (Å²) in [6, 6.07) is 1.87. The normalized spacial score (nSPS) is 17.4. The first kappa shape index (κ1) is 14.8. The number of aryl methyl sites for hydroxylation is 1. The van der Waals surface area contributed by atoms with E-state index < -0.39 is 11.4 Å². The molecule has 1 aromatic heterocycles. The molecular weight excluding hydrogens is 254 g/mol. The maximum Gasteiger partial charge on any atom is 0.311 e. The molecule has 0 amide bonds. The summed E-state index contributed by atoms with van der Waals surface area (Å²) in [6.07, 6.45) is 3.48. The molecule has 5 heteroatoms. The molecule has 0 bridgehead atoms. The lowest BCUT2D eigenvalue weighted by Crippen LogP contribution is -2.35. The van der Waals surface area contributed by atoms with Crippen molar-refractivity contribution in [3.05, 3.63) is 17.6 Å². The number of anilines is 1.